The van der Waals surface area contributed by atoms with Crippen LogP contribution >= 0.6 is 0 Å². The number of carboxylic acid groups (broad SMARTS) is 1. The molecule has 0 bridgehead atoms. The number of carbonyl (C=O) groups is 1. The molecule has 0 saturated carbocycles. The molecule has 7 nitrogen and oxygen atoms in total. The van der Waals surface area contributed by atoms with Gasteiger partial charge in [-0.15, -0.1) is 0 Å². The van der Waals surface area contributed by atoms with Crippen molar-refractivity contribution in [3.8, 4) is 0 Å². The molecule has 1 atom stereocenters. The van der Waals surface area contributed by atoms with Crippen LogP contribution in [-0.2, 0) is 19.7 Å². The molecule has 0 aromatic heterocycles. The standard InChI is InChI=1S/C8H18N2O5S/c1-3-5-9-16(13,14)10-7(8(11)12)4-6-15-2/h7,9-10H,3-6H2,1-2H3,(H,11,12). The van der Waals surface area contributed by atoms with Crippen molar-refractivity contribution < 1.29 is 23.1 Å². The average molecular weight is 254 g/mol. The molecule has 0 aliphatic rings. The zero-order valence-electron chi connectivity index (χ0n) is 9.39. The van der Waals surface area contributed by atoms with Crippen molar-refractivity contribution in [2.45, 2.75) is 25.8 Å². The highest BCUT2D eigenvalue weighted by atomic mass is 32.2. The minimum absolute atomic E-state index is 0.0822. The maximum atomic E-state index is 11.3. The second kappa shape index (κ2) is 7.55. The van der Waals surface area contributed by atoms with Gasteiger partial charge in [-0.05, 0) is 12.8 Å². The van der Waals surface area contributed by atoms with Crippen LogP contribution in [0.15, 0.2) is 0 Å². The Bertz CT molecular complexity index is 304. The number of methoxy groups -OCH3 is 1. The van der Waals surface area contributed by atoms with Gasteiger partial charge >= 0.3 is 5.97 Å². The van der Waals surface area contributed by atoms with Gasteiger partial charge in [0.15, 0.2) is 0 Å². The first-order valence-corrected chi connectivity index (χ1v) is 6.40. The fraction of sp³-hybridized carbons (Fsp3) is 0.875. The predicted octanol–water partition coefficient (Wildman–Crippen LogP) is -0.690. The fourth-order valence-electron chi connectivity index (χ4n) is 0.934. The van der Waals surface area contributed by atoms with Gasteiger partial charge in [-0.1, -0.05) is 6.92 Å². The van der Waals surface area contributed by atoms with Gasteiger partial charge in [-0.2, -0.15) is 13.1 Å². The van der Waals surface area contributed by atoms with Crippen molar-refractivity contribution in [2.24, 2.45) is 0 Å². The van der Waals surface area contributed by atoms with Crippen LogP contribution in [-0.4, -0.2) is 45.8 Å². The molecule has 0 fully saturated rings. The quantitative estimate of drug-likeness (QED) is 0.505. The highest BCUT2D eigenvalue weighted by Crippen LogP contribution is 1.95. The summed E-state index contributed by atoms with van der Waals surface area (Å²) in [7, 11) is -2.34. The van der Waals surface area contributed by atoms with Gasteiger partial charge in [-0.3, -0.25) is 4.79 Å². The van der Waals surface area contributed by atoms with Crippen molar-refractivity contribution >= 4 is 16.2 Å². The lowest BCUT2D eigenvalue weighted by Crippen LogP contribution is -2.47. The van der Waals surface area contributed by atoms with Gasteiger partial charge in [0.2, 0.25) is 0 Å². The molecule has 0 heterocycles. The topological polar surface area (TPSA) is 105 Å². The number of aliphatic carboxylic acids is 1. The smallest absolute Gasteiger partial charge is 0.321 e. The molecule has 0 aromatic rings. The molecular formula is C8H18N2O5S. The Hall–Kier alpha value is -0.700. The minimum Gasteiger partial charge on any atom is -0.480 e. The Morgan fingerprint density at radius 1 is 1.50 bits per heavy atom. The van der Waals surface area contributed by atoms with E-state index in [2.05, 4.69) is 4.72 Å². The lowest BCUT2D eigenvalue weighted by atomic mass is 10.2. The molecule has 0 amide bonds. The summed E-state index contributed by atoms with van der Waals surface area (Å²) >= 11 is 0. The molecule has 3 N–H and O–H groups in total. The van der Waals surface area contributed by atoms with Crippen LogP contribution in [0.3, 0.4) is 0 Å². The summed E-state index contributed by atoms with van der Waals surface area (Å²) in [4.78, 5) is 10.7. The molecule has 0 aliphatic carbocycles. The Kier molecular flexibility index (Phi) is 7.22. The Morgan fingerprint density at radius 2 is 2.12 bits per heavy atom. The van der Waals surface area contributed by atoms with Crippen molar-refractivity contribution in [3.05, 3.63) is 0 Å². The normalized spacial score (nSPS) is 13.6. The third-order valence-electron chi connectivity index (χ3n) is 1.75. The molecule has 1 unspecified atom stereocenters. The van der Waals surface area contributed by atoms with E-state index in [1.165, 1.54) is 7.11 Å². The fourth-order valence-corrected chi connectivity index (χ4v) is 2.08. The van der Waals surface area contributed by atoms with E-state index in [1.54, 1.807) is 0 Å². The summed E-state index contributed by atoms with van der Waals surface area (Å²) in [6, 6.07) is -1.17. The highest BCUT2D eigenvalue weighted by molar-refractivity contribution is 7.87. The van der Waals surface area contributed by atoms with Gasteiger partial charge < -0.3 is 9.84 Å². The van der Waals surface area contributed by atoms with Crippen molar-refractivity contribution in [2.75, 3.05) is 20.3 Å². The van der Waals surface area contributed by atoms with E-state index < -0.39 is 22.2 Å². The van der Waals surface area contributed by atoms with E-state index in [1.807, 2.05) is 11.6 Å². The van der Waals surface area contributed by atoms with Gasteiger partial charge in [0, 0.05) is 20.3 Å². The van der Waals surface area contributed by atoms with Crippen molar-refractivity contribution in [1.82, 2.24) is 9.44 Å². The van der Waals surface area contributed by atoms with Crippen LogP contribution in [0.4, 0.5) is 0 Å². The van der Waals surface area contributed by atoms with Crippen LogP contribution in [0.25, 0.3) is 0 Å². The Labute approximate surface area is 95.4 Å². The molecule has 96 valence electrons. The molecule has 0 aromatic carbocycles. The number of hydrogen-bond acceptors (Lipinski definition) is 4. The summed E-state index contributed by atoms with van der Waals surface area (Å²) in [5.74, 6) is -1.22. The van der Waals surface area contributed by atoms with E-state index in [9.17, 15) is 13.2 Å². The number of hydrogen-bond donors (Lipinski definition) is 3. The maximum Gasteiger partial charge on any atom is 0.321 e. The molecule has 0 rings (SSSR count). The number of rotatable bonds is 9. The summed E-state index contributed by atoms with van der Waals surface area (Å²) < 4.78 is 31.7. The lowest BCUT2D eigenvalue weighted by Gasteiger charge is -2.14. The second-order valence-corrected chi connectivity index (χ2v) is 4.72. The Morgan fingerprint density at radius 3 is 2.56 bits per heavy atom. The van der Waals surface area contributed by atoms with E-state index in [0.29, 0.717) is 6.42 Å². The molecule has 0 spiro atoms. The van der Waals surface area contributed by atoms with Crippen LogP contribution in [0, 0.1) is 0 Å². The van der Waals surface area contributed by atoms with Crippen molar-refractivity contribution in [1.29, 1.82) is 0 Å². The number of carboxylic acids is 1. The predicted molar refractivity (Wildman–Crippen MR) is 58.3 cm³/mol. The van der Waals surface area contributed by atoms with Crippen LogP contribution in [0.1, 0.15) is 19.8 Å². The van der Waals surface area contributed by atoms with E-state index in [4.69, 9.17) is 9.84 Å². The number of ether oxygens (including phenoxy) is 1. The summed E-state index contributed by atoms with van der Waals surface area (Å²) in [6.45, 7) is 2.25. The minimum atomic E-state index is -3.75. The second-order valence-electron chi connectivity index (χ2n) is 3.19. The molecule has 0 radical (unpaired) electrons. The van der Waals surface area contributed by atoms with Crippen LogP contribution in [0.2, 0.25) is 0 Å². The SMILES string of the molecule is CCCNS(=O)(=O)NC(CCOC)C(=O)O. The largest absolute Gasteiger partial charge is 0.480 e. The molecule has 8 heteroatoms. The summed E-state index contributed by atoms with van der Waals surface area (Å²) in [6.07, 6.45) is 0.718. The van der Waals surface area contributed by atoms with Gasteiger partial charge in [0.25, 0.3) is 10.2 Å². The molecular weight excluding hydrogens is 236 g/mol. The third kappa shape index (κ3) is 6.72. The first-order chi connectivity index (χ1) is 7.43. The third-order valence-corrected chi connectivity index (χ3v) is 2.93. The summed E-state index contributed by atoms with van der Waals surface area (Å²) in [5.41, 5.74) is 0. The molecule has 0 saturated heterocycles. The zero-order valence-corrected chi connectivity index (χ0v) is 10.2. The van der Waals surface area contributed by atoms with Gasteiger partial charge in [-0.25, -0.2) is 4.72 Å². The van der Waals surface area contributed by atoms with Crippen LogP contribution < -0.4 is 9.44 Å². The maximum absolute atomic E-state index is 11.3. The van der Waals surface area contributed by atoms with E-state index in [-0.39, 0.29) is 19.6 Å². The molecule has 16 heavy (non-hydrogen) atoms. The molecule has 0 aliphatic heterocycles. The van der Waals surface area contributed by atoms with E-state index in [0.717, 1.165) is 0 Å². The zero-order chi connectivity index (χ0) is 12.6. The monoisotopic (exact) mass is 254 g/mol. The van der Waals surface area contributed by atoms with Crippen LogP contribution in [0.5, 0.6) is 0 Å². The average Bonchev–Trinajstić information content (AvgIpc) is 2.21. The first-order valence-electron chi connectivity index (χ1n) is 4.91. The number of nitrogens with one attached hydrogen (secondary N) is 2. The first kappa shape index (κ1) is 15.3. The van der Waals surface area contributed by atoms with E-state index >= 15 is 0 Å². The lowest BCUT2D eigenvalue weighted by molar-refractivity contribution is -0.139. The van der Waals surface area contributed by atoms with Gasteiger partial charge in [0.1, 0.15) is 6.04 Å². The Balaban J connectivity index is 4.32. The van der Waals surface area contributed by atoms with Crippen molar-refractivity contribution in [3.63, 3.8) is 0 Å². The summed E-state index contributed by atoms with van der Waals surface area (Å²) in [5, 5.41) is 8.78. The van der Waals surface area contributed by atoms with Gasteiger partial charge in [0.05, 0.1) is 0 Å². The highest BCUT2D eigenvalue weighted by Gasteiger charge is 2.22.